The van der Waals surface area contributed by atoms with Gasteiger partial charge in [0.2, 0.25) is 11.8 Å². The summed E-state index contributed by atoms with van der Waals surface area (Å²) in [6, 6.07) is 29.0. The van der Waals surface area contributed by atoms with E-state index in [9.17, 15) is 18.0 Å². The minimum absolute atomic E-state index is 0.00954. The largest absolute Gasteiger partial charge is 0.357 e. The van der Waals surface area contributed by atoms with E-state index in [0.29, 0.717) is 21.8 Å². The number of hydrogen-bond donors (Lipinski definition) is 1. The van der Waals surface area contributed by atoms with Crippen LogP contribution in [-0.2, 0) is 32.6 Å². The van der Waals surface area contributed by atoms with Gasteiger partial charge in [0.05, 0.1) is 10.6 Å². The average molecular weight is 604 g/mol. The van der Waals surface area contributed by atoms with Crippen molar-refractivity contribution in [2.24, 2.45) is 0 Å². The van der Waals surface area contributed by atoms with Crippen LogP contribution in [0.5, 0.6) is 0 Å². The summed E-state index contributed by atoms with van der Waals surface area (Å²) < 4.78 is 29.3. The molecule has 0 aromatic heterocycles. The number of anilines is 1. The van der Waals surface area contributed by atoms with Gasteiger partial charge in [0.25, 0.3) is 10.0 Å². The maximum atomic E-state index is 14.3. The van der Waals surface area contributed by atoms with Gasteiger partial charge in [0, 0.05) is 25.0 Å². The molecule has 0 saturated carbocycles. The molecule has 0 bridgehead atoms. The Kier molecular flexibility index (Phi) is 10.0. The third-order valence-electron chi connectivity index (χ3n) is 7.09. The molecular formula is C33H34ClN3O4S. The van der Waals surface area contributed by atoms with Gasteiger partial charge in [-0.15, -0.1) is 0 Å². The number of nitrogens with zero attached hydrogens (tertiary/aromatic N) is 2. The van der Waals surface area contributed by atoms with Gasteiger partial charge >= 0.3 is 0 Å². The summed E-state index contributed by atoms with van der Waals surface area (Å²) in [5, 5.41) is 3.12. The molecule has 0 aliphatic carbocycles. The zero-order chi connectivity index (χ0) is 30.3. The third kappa shape index (κ3) is 7.19. The maximum absolute atomic E-state index is 14.3. The number of para-hydroxylation sites is 1. The van der Waals surface area contributed by atoms with Crippen molar-refractivity contribution in [3.8, 4) is 0 Å². The summed E-state index contributed by atoms with van der Waals surface area (Å²) in [5.41, 5.74) is 3.46. The van der Waals surface area contributed by atoms with Gasteiger partial charge in [0.15, 0.2) is 0 Å². The molecule has 2 amide bonds. The maximum Gasteiger partial charge on any atom is 0.264 e. The van der Waals surface area contributed by atoms with Gasteiger partial charge in [-0.05, 0) is 54.8 Å². The highest BCUT2D eigenvalue weighted by Crippen LogP contribution is 2.28. The molecule has 4 aromatic carbocycles. The average Bonchev–Trinajstić information content (AvgIpc) is 2.99. The van der Waals surface area contributed by atoms with E-state index < -0.39 is 28.5 Å². The fraction of sp³-hybridized carbons (Fsp3) is 0.212. The number of sulfonamides is 1. The molecule has 0 unspecified atom stereocenters. The van der Waals surface area contributed by atoms with Crippen molar-refractivity contribution in [2.75, 3.05) is 17.9 Å². The van der Waals surface area contributed by atoms with Gasteiger partial charge in [-0.1, -0.05) is 96.0 Å². The van der Waals surface area contributed by atoms with E-state index in [1.54, 1.807) is 61.5 Å². The number of carbonyl (C=O) groups is 2. The Morgan fingerprint density at radius 2 is 1.45 bits per heavy atom. The predicted molar refractivity (Wildman–Crippen MR) is 167 cm³/mol. The molecule has 1 N–H and O–H groups in total. The number of benzene rings is 4. The smallest absolute Gasteiger partial charge is 0.264 e. The van der Waals surface area contributed by atoms with Crippen molar-refractivity contribution in [3.05, 3.63) is 130 Å². The summed E-state index contributed by atoms with van der Waals surface area (Å²) >= 11 is 6.49. The molecule has 0 radical (unpaired) electrons. The summed E-state index contributed by atoms with van der Waals surface area (Å²) in [6.45, 7) is 3.16. The van der Waals surface area contributed by atoms with E-state index in [0.717, 1.165) is 15.4 Å². The molecule has 4 aromatic rings. The van der Waals surface area contributed by atoms with Crippen LogP contribution in [0.1, 0.15) is 22.3 Å². The number of aryl methyl sites for hydroxylation is 2. The first-order valence-electron chi connectivity index (χ1n) is 13.5. The van der Waals surface area contributed by atoms with Crippen LogP contribution in [0, 0.1) is 13.8 Å². The summed E-state index contributed by atoms with van der Waals surface area (Å²) in [7, 11) is -2.64. The zero-order valence-corrected chi connectivity index (χ0v) is 25.4. The lowest BCUT2D eigenvalue weighted by molar-refractivity contribution is -0.139. The molecule has 1 atom stereocenters. The molecule has 0 heterocycles. The predicted octanol–water partition coefficient (Wildman–Crippen LogP) is 5.54. The van der Waals surface area contributed by atoms with E-state index >= 15 is 0 Å². The molecular weight excluding hydrogens is 570 g/mol. The van der Waals surface area contributed by atoms with Crippen molar-refractivity contribution in [1.29, 1.82) is 0 Å². The Morgan fingerprint density at radius 3 is 2.10 bits per heavy atom. The Labute approximate surface area is 252 Å². The first-order valence-corrected chi connectivity index (χ1v) is 15.4. The number of halogens is 1. The van der Waals surface area contributed by atoms with Crippen LogP contribution in [0.2, 0.25) is 5.02 Å². The summed E-state index contributed by atoms with van der Waals surface area (Å²) in [4.78, 5) is 29.1. The van der Waals surface area contributed by atoms with Crippen molar-refractivity contribution in [1.82, 2.24) is 10.2 Å². The number of carbonyl (C=O) groups excluding carboxylic acids is 2. The summed E-state index contributed by atoms with van der Waals surface area (Å²) in [5.74, 6) is -0.915. The van der Waals surface area contributed by atoms with Crippen LogP contribution in [0.15, 0.2) is 108 Å². The molecule has 218 valence electrons. The van der Waals surface area contributed by atoms with E-state index in [4.69, 9.17) is 11.6 Å². The Hall–Kier alpha value is -4.14. The molecule has 0 spiro atoms. The monoisotopic (exact) mass is 603 g/mol. The van der Waals surface area contributed by atoms with Crippen molar-refractivity contribution < 1.29 is 18.0 Å². The number of nitrogens with one attached hydrogen (secondary N) is 1. The van der Waals surface area contributed by atoms with E-state index in [2.05, 4.69) is 5.32 Å². The molecule has 7 nitrogen and oxygen atoms in total. The second-order valence-electron chi connectivity index (χ2n) is 10.0. The van der Waals surface area contributed by atoms with Crippen LogP contribution < -0.4 is 9.62 Å². The van der Waals surface area contributed by atoms with Gasteiger partial charge in [0.1, 0.15) is 12.6 Å². The van der Waals surface area contributed by atoms with Crippen LogP contribution >= 0.6 is 11.6 Å². The minimum Gasteiger partial charge on any atom is -0.357 e. The highest BCUT2D eigenvalue weighted by atomic mass is 35.5. The number of likely N-dealkylation sites (N-methyl/N-ethyl adjacent to an activating group) is 1. The Bertz CT molecular complexity index is 1640. The van der Waals surface area contributed by atoms with E-state index in [1.807, 2.05) is 43.3 Å². The van der Waals surface area contributed by atoms with E-state index in [1.165, 1.54) is 24.1 Å². The lowest BCUT2D eigenvalue weighted by Gasteiger charge is -2.34. The Morgan fingerprint density at radius 1 is 0.833 bits per heavy atom. The van der Waals surface area contributed by atoms with Crippen molar-refractivity contribution >= 4 is 39.1 Å². The molecule has 4 rings (SSSR count). The van der Waals surface area contributed by atoms with Crippen molar-refractivity contribution in [2.45, 2.75) is 37.8 Å². The molecule has 0 aliphatic rings. The third-order valence-corrected chi connectivity index (χ3v) is 9.23. The highest BCUT2D eigenvalue weighted by Gasteiger charge is 2.35. The number of amides is 2. The normalized spacial score (nSPS) is 11.9. The number of hydrogen-bond acceptors (Lipinski definition) is 4. The lowest BCUT2D eigenvalue weighted by Crippen LogP contribution is -2.53. The van der Waals surface area contributed by atoms with Gasteiger partial charge < -0.3 is 10.2 Å². The highest BCUT2D eigenvalue weighted by molar-refractivity contribution is 7.92. The molecule has 0 saturated heterocycles. The second kappa shape index (κ2) is 13.7. The van der Waals surface area contributed by atoms with Gasteiger partial charge in [-0.2, -0.15) is 0 Å². The molecule has 9 heteroatoms. The topological polar surface area (TPSA) is 86.8 Å². The van der Waals surface area contributed by atoms with E-state index in [-0.39, 0.29) is 23.8 Å². The van der Waals surface area contributed by atoms with Crippen LogP contribution in [-0.4, -0.2) is 44.8 Å². The summed E-state index contributed by atoms with van der Waals surface area (Å²) in [6.07, 6.45) is 0.228. The van der Waals surface area contributed by atoms with Crippen LogP contribution in [0.25, 0.3) is 0 Å². The molecule has 0 aliphatic heterocycles. The SMILES string of the molecule is CNC(=O)[C@H](Cc1ccccc1)N(Cc1ccccc1Cl)C(=O)CN(c1ccccc1C)S(=O)(=O)c1ccc(C)cc1. The van der Waals surface area contributed by atoms with Crippen molar-refractivity contribution in [3.63, 3.8) is 0 Å². The fourth-order valence-electron chi connectivity index (χ4n) is 4.72. The second-order valence-corrected chi connectivity index (χ2v) is 12.3. The standard InChI is InChI=1S/C33H34ClN3O4S/c1-24-17-19-28(20-18-24)42(40,41)37(30-16-10-7-11-25(30)2)23-32(38)36(22-27-14-8-9-15-29(27)34)31(33(39)35-3)21-26-12-5-4-6-13-26/h4-20,31H,21-23H2,1-3H3,(H,35,39)/t31-/m0/s1. The lowest BCUT2D eigenvalue weighted by atomic mass is 10.0. The Balaban J connectivity index is 1.80. The minimum atomic E-state index is -4.15. The zero-order valence-electron chi connectivity index (χ0n) is 23.8. The number of rotatable bonds is 11. The first kappa shape index (κ1) is 30.8. The van der Waals surface area contributed by atoms with Gasteiger partial charge in [-0.3, -0.25) is 13.9 Å². The quantitative estimate of drug-likeness (QED) is 0.244. The first-order chi connectivity index (χ1) is 20.1. The molecule has 42 heavy (non-hydrogen) atoms. The fourth-order valence-corrected chi connectivity index (χ4v) is 6.40. The van der Waals surface area contributed by atoms with Crippen LogP contribution in [0.3, 0.4) is 0 Å². The van der Waals surface area contributed by atoms with Crippen LogP contribution in [0.4, 0.5) is 5.69 Å². The van der Waals surface area contributed by atoms with Gasteiger partial charge in [-0.25, -0.2) is 8.42 Å². The molecule has 0 fully saturated rings.